The molecule has 0 amide bonds. The van der Waals surface area contributed by atoms with Crippen molar-refractivity contribution in [2.45, 2.75) is 18.0 Å². The van der Waals surface area contributed by atoms with Crippen LogP contribution in [0.3, 0.4) is 0 Å². The van der Waals surface area contributed by atoms with Crippen molar-refractivity contribution >= 4 is 21.6 Å². The van der Waals surface area contributed by atoms with Gasteiger partial charge in [0.2, 0.25) is 0 Å². The molecule has 3 rings (SSSR count). The first-order valence-electron chi connectivity index (χ1n) is 8.43. The summed E-state index contributed by atoms with van der Waals surface area (Å²) >= 11 is 0. The second-order valence-corrected chi connectivity index (χ2v) is 7.77. The lowest BCUT2D eigenvalue weighted by Crippen LogP contribution is -2.12. The summed E-state index contributed by atoms with van der Waals surface area (Å²) in [6.07, 6.45) is -4.75. The van der Waals surface area contributed by atoms with E-state index in [1.54, 1.807) is 0 Å². The van der Waals surface area contributed by atoms with Gasteiger partial charge in [0.15, 0.2) is 0 Å². The average Bonchev–Trinajstić information content (AvgIpc) is 2.66. The third-order valence-corrected chi connectivity index (χ3v) is 4.99. The second kappa shape index (κ2) is 7.78. The second-order valence-electron chi connectivity index (χ2n) is 6.34. The van der Waals surface area contributed by atoms with Crippen LogP contribution in [0.15, 0.2) is 59.5 Å². The molecule has 0 unspecified atom stereocenters. The van der Waals surface area contributed by atoms with E-state index in [0.717, 1.165) is 12.1 Å². The Morgan fingerprint density at radius 2 is 1.77 bits per heavy atom. The van der Waals surface area contributed by atoms with E-state index in [0.29, 0.717) is 5.56 Å². The van der Waals surface area contributed by atoms with Crippen LogP contribution in [0.4, 0.5) is 24.7 Å². The van der Waals surface area contributed by atoms with E-state index < -0.39 is 26.8 Å². The highest BCUT2D eigenvalue weighted by molar-refractivity contribution is 7.85. The lowest BCUT2D eigenvalue weighted by atomic mass is 9.97. The molecule has 10 heteroatoms. The van der Waals surface area contributed by atoms with Gasteiger partial charge in [0.1, 0.15) is 5.82 Å². The maximum absolute atomic E-state index is 13.9. The predicted molar refractivity (Wildman–Crippen MR) is 104 cm³/mol. The number of alkyl halides is 3. The quantitative estimate of drug-likeness (QED) is 0.565. The molecule has 0 aliphatic rings. The lowest BCUT2D eigenvalue weighted by molar-refractivity contribution is -0.136. The largest absolute Gasteiger partial charge is 0.419 e. The van der Waals surface area contributed by atoms with E-state index in [1.807, 2.05) is 6.07 Å². The van der Waals surface area contributed by atoms with Gasteiger partial charge in [0.25, 0.3) is 10.1 Å². The molecule has 0 bridgehead atoms. The van der Waals surface area contributed by atoms with E-state index in [1.165, 1.54) is 49.4 Å². The Labute approximate surface area is 170 Å². The van der Waals surface area contributed by atoms with Crippen LogP contribution in [0.25, 0.3) is 11.1 Å². The maximum atomic E-state index is 13.9. The third kappa shape index (κ3) is 4.59. The first-order valence-corrected chi connectivity index (χ1v) is 9.87. The van der Waals surface area contributed by atoms with Crippen LogP contribution in [0.2, 0.25) is 0 Å². The van der Waals surface area contributed by atoms with E-state index in [4.69, 9.17) is 5.26 Å². The molecule has 2 N–H and O–H groups in total. The number of benzene rings is 2. The van der Waals surface area contributed by atoms with Crippen molar-refractivity contribution in [3.63, 3.8) is 0 Å². The fourth-order valence-electron chi connectivity index (χ4n) is 2.91. The standard InChI is InChI=1S/C20H14F3N3O3S/c1-12-9-15(30(27,28)29)10-18(25-12)26-17-4-2-3-16(19(17)20(21,22)23)14-7-5-13(11-24)6-8-14/h2-10H,1H3,(H,25,26)(H,27,28,29). The number of nitrogens with zero attached hydrogens (tertiary/aromatic N) is 2. The molecule has 6 nitrogen and oxygen atoms in total. The van der Waals surface area contributed by atoms with Crippen LogP contribution < -0.4 is 5.32 Å². The molecule has 1 aromatic heterocycles. The van der Waals surface area contributed by atoms with Gasteiger partial charge in [0, 0.05) is 11.8 Å². The summed E-state index contributed by atoms with van der Waals surface area (Å²) in [5.74, 6) is -0.176. The SMILES string of the molecule is Cc1cc(S(=O)(=O)O)cc(Nc2cccc(-c3ccc(C#N)cc3)c2C(F)(F)F)n1. The van der Waals surface area contributed by atoms with E-state index in [9.17, 15) is 26.1 Å². The van der Waals surface area contributed by atoms with E-state index in [-0.39, 0.29) is 28.3 Å². The van der Waals surface area contributed by atoms with Gasteiger partial charge < -0.3 is 5.32 Å². The van der Waals surface area contributed by atoms with Crippen LogP contribution >= 0.6 is 0 Å². The van der Waals surface area contributed by atoms with Crippen molar-refractivity contribution in [3.8, 4) is 17.2 Å². The summed E-state index contributed by atoms with van der Waals surface area (Å²) in [6.45, 7) is 1.44. The first kappa shape index (κ1) is 21.3. The molecule has 0 aliphatic carbocycles. The van der Waals surface area contributed by atoms with Crippen molar-refractivity contribution in [3.05, 3.63) is 71.4 Å². The fourth-order valence-corrected chi connectivity index (χ4v) is 3.49. The van der Waals surface area contributed by atoms with Crippen molar-refractivity contribution in [1.82, 2.24) is 4.98 Å². The first-order chi connectivity index (χ1) is 14.0. The van der Waals surface area contributed by atoms with Gasteiger partial charge in [-0.15, -0.1) is 0 Å². The molecule has 30 heavy (non-hydrogen) atoms. The summed E-state index contributed by atoms with van der Waals surface area (Å²) in [5.41, 5.74) is -0.705. The average molecular weight is 433 g/mol. The van der Waals surface area contributed by atoms with Crippen LogP contribution in [0.1, 0.15) is 16.8 Å². The molecule has 0 fully saturated rings. The number of pyridine rings is 1. The number of aromatic nitrogens is 1. The lowest BCUT2D eigenvalue weighted by Gasteiger charge is -2.19. The van der Waals surface area contributed by atoms with E-state index in [2.05, 4.69) is 10.3 Å². The Morgan fingerprint density at radius 3 is 2.33 bits per heavy atom. The summed E-state index contributed by atoms with van der Waals surface area (Å²) in [5, 5.41) is 11.4. The van der Waals surface area contributed by atoms with Gasteiger partial charge >= 0.3 is 6.18 Å². The number of nitriles is 1. The van der Waals surface area contributed by atoms with Crippen molar-refractivity contribution < 1.29 is 26.1 Å². The Kier molecular flexibility index (Phi) is 5.52. The minimum atomic E-state index is -4.75. The molecule has 0 aliphatic heterocycles. The van der Waals surface area contributed by atoms with Gasteiger partial charge in [-0.05, 0) is 42.3 Å². The predicted octanol–water partition coefficient (Wildman–Crippen LogP) is 4.94. The highest BCUT2D eigenvalue weighted by Crippen LogP contribution is 2.42. The zero-order valence-electron chi connectivity index (χ0n) is 15.4. The van der Waals surface area contributed by atoms with Crippen LogP contribution in [-0.4, -0.2) is 18.0 Å². The van der Waals surface area contributed by atoms with Crippen molar-refractivity contribution in [1.29, 1.82) is 5.26 Å². The Bertz CT molecular complexity index is 1250. The Morgan fingerprint density at radius 1 is 1.10 bits per heavy atom. The molecular weight excluding hydrogens is 419 g/mol. The maximum Gasteiger partial charge on any atom is 0.419 e. The Balaban J connectivity index is 2.15. The third-order valence-electron chi connectivity index (χ3n) is 4.16. The molecule has 2 aromatic carbocycles. The fraction of sp³-hybridized carbons (Fsp3) is 0.100. The van der Waals surface area contributed by atoms with E-state index >= 15 is 0 Å². The van der Waals surface area contributed by atoms with Gasteiger partial charge in [-0.1, -0.05) is 24.3 Å². The summed E-state index contributed by atoms with van der Waals surface area (Å²) in [7, 11) is -4.56. The van der Waals surface area contributed by atoms with Crippen LogP contribution in [-0.2, 0) is 16.3 Å². The summed E-state index contributed by atoms with van der Waals surface area (Å²) in [6, 6.07) is 13.5. The molecule has 0 saturated heterocycles. The van der Waals surface area contributed by atoms with Crippen LogP contribution in [0.5, 0.6) is 0 Å². The monoisotopic (exact) mass is 433 g/mol. The number of halogens is 3. The summed E-state index contributed by atoms with van der Waals surface area (Å²) < 4.78 is 73.9. The van der Waals surface area contributed by atoms with Gasteiger partial charge in [-0.25, -0.2) is 4.98 Å². The molecule has 154 valence electrons. The molecule has 0 saturated carbocycles. The normalized spacial score (nSPS) is 11.7. The number of aryl methyl sites for hydroxylation is 1. The number of hydrogen-bond donors (Lipinski definition) is 2. The highest BCUT2D eigenvalue weighted by Gasteiger charge is 2.36. The molecule has 0 atom stereocenters. The Hall–Kier alpha value is -3.42. The number of hydrogen-bond acceptors (Lipinski definition) is 5. The molecular formula is C20H14F3N3O3S. The van der Waals surface area contributed by atoms with Crippen molar-refractivity contribution in [2.75, 3.05) is 5.32 Å². The van der Waals surface area contributed by atoms with Crippen LogP contribution in [0, 0.1) is 18.3 Å². The molecule has 0 radical (unpaired) electrons. The number of nitrogens with one attached hydrogen (secondary N) is 1. The van der Waals surface area contributed by atoms with Gasteiger partial charge in [-0.3, -0.25) is 4.55 Å². The van der Waals surface area contributed by atoms with Gasteiger partial charge in [0.05, 0.1) is 27.8 Å². The molecule has 1 heterocycles. The minimum Gasteiger partial charge on any atom is -0.340 e. The van der Waals surface area contributed by atoms with Gasteiger partial charge in [-0.2, -0.15) is 26.9 Å². The topological polar surface area (TPSA) is 103 Å². The smallest absolute Gasteiger partial charge is 0.340 e. The molecule has 0 spiro atoms. The number of anilines is 2. The molecule has 3 aromatic rings. The highest BCUT2D eigenvalue weighted by atomic mass is 32.2. The zero-order chi connectivity index (χ0) is 22.1. The summed E-state index contributed by atoms with van der Waals surface area (Å²) in [4.78, 5) is 3.51. The minimum absolute atomic E-state index is 0.125. The number of rotatable bonds is 4. The zero-order valence-corrected chi connectivity index (χ0v) is 16.2. The van der Waals surface area contributed by atoms with Crippen molar-refractivity contribution in [2.24, 2.45) is 0 Å².